The van der Waals surface area contributed by atoms with E-state index in [0.717, 1.165) is 0 Å². The zero-order valence-corrected chi connectivity index (χ0v) is 13.3. The second kappa shape index (κ2) is 7.79. The molecule has 0 saturated carbocycles. The number of nitrogens with one attached hydrogen (secondary N) is 3. The molecule has 0 radical (unpaired) electrons. The van der Waals surface area contributed by atoms with Crippen molar-refractivity contribution in [3.05, 3.63) is 74.3 Å². The number of hydrazine groups is 1. The summed E-state index contributed by atoms with van der Waals surface area (Å²) in [5.74, 6) is -0.539. The maximum absolute atomic E-state index is 11.9. The van der Waals surface area contributed by atoms with Gasteiger partial charge in [0.25, 0.3) is 17.3 Å². The standard InChI is InChI=1S/C14H11N5O5S/c20-13(9-1-5-11(6-2-9)18(21)22)16-17-14(25)15-10-3-7-12(8-4-10)19(23)24/h1-8H,(H,16,20)(H2,15,17,25). The molecule has 3 N–H and O–H groups in total. The minimum atomic E-state index is -0.566. The van der Waals surface area contributed by atoms with Gasteiger partial charge in [-0.15, -0.1) is 0 Å². The predicted molar refractivity (Wildman–Crippen MR) is 93.0 cm³/mol. The molecule has 0 heterocycles. The molecule has 0 unspecified atom stereocenters. The Morgan fingerprint density at radius 3 is 1.80 bits per heavy atom. The van der Waals surface area contributed by atoms with E-state index in [0.29, 0.717) is 5.69 Å². The van der Waals surface area contributed by atoms with Crippen molar-refractivity contribution in [3.63, 3.8) is 0 Å². The number of nitro groups is 2. The number of rotatable bonds is 4. The van der Waals surface area contributed by atoms with Crippen LogP contribution in [0.15, 0.2) is 48.5 Å². The molecule has 0 bridgehead atoms. The van der Waals surface area contributed by atoms with E-state index in [1.807, 2.05) is 0 Å². The molecule has 0 saturated heterocycles. The largest absolute Gasteiger partial charge is 0.331 e. The number of nitro benzene ring substituents is 2. The zero-order chi connectivity index (χ0) is 18.4. The lowest BCUT2D eigenvalue weighted by Gasteiger charge is -2.11. The van der Waals surface area contributed by atoms with Gasteiger partial charge in [0.05, 0.1) is 9.85 Å². The monoisotopic (exact) mass is 361 g/mol. The van der Waals surface area contributed by atoms with Crippen molar-refractivity contribution in [2.24, 2.45) is 0 Å². The normalized spacial score (nSPS) is 9.76. The number of nitrogens with zero attached hydrogens (tertiary/aromatic N) is 2. The lowest BCUT2D eigenvalue weighted by atomic mass is 10.2. The third-order valence-corrected chi connectivity index (χ3v) is 3.17. The molecule has 2 rings (SSSR count). The summed E-state index contributed by atoms with van der Waals surface area (Å²) in [5, 5.41) is 23.9. The van der Waals surface area contributed by atoms with Crippen molar-refractivity contribution in [1.82, 2.24) is 10.9 Å². The quantitative estimate of drug-likeness (QED) is 0.427. The molecule has 0 spiro atoms. The van der Waals surface area contributed by atoms with Crippen molar-refractivity contribution in [1.29, 1.82) is 0 Å². The van der Waals surface area contributed by atoms with Gasteiger partial charge in [0.2, 0.25) is 0 Å². The highest BCUT2D eigenvalue weighted by Gasteiger charge is 2.10. The van der Waals surface area contributed by atoms with Gasteiger partial charge in [-0.3, -0.25) is 35.9 Å². The first-order chi connectivity index (χ1) is 11.9. The summed E-state index contributed by atoms with van der Waals surface area (Å²) in [6.45, 7) is 0. The second-order valence-corrected chi connectivity index (χ2v) is 5.05. The number of anilines is 1. The summed E-state index contributed by atoms with van der Waals surface area (Å²) in [4.78, 5) is 31.9. The SMILES string of the molecule is O=C(NNC(=S)Nc1ccc([N+](=O)[O-])cc1)c1ccc([N+](=O)[O-])cc1. The number of thiocarbonyl (C=S) groups is 1. The minimum absolute atomic E-state index is 0.0594. The Bertz CT molecular complexity index is 823. The Kier molecular flexibility index (Phi) is 5.53. The Labute approximate surface area is 146 Å². The van der Waals surface area contributed by atoms with Gasteiger partial charge in [-0.1, -0.05) is 0 Å². The lowest BCUT2D eigenvalue weighted by molar-refractivity contribution is -0.385. The van der Waals surface area contributed by atoms with E-state index in [1.54, 1.807) is 0 Å². The van der Waals surface area contributed by atoms with Crippen LogP contribution in [0.25, 0.3) is 0 Å². The fourth-order valence-electron chi connectivity index (χ4n) is 1.75. The highest BCUT2D eigenvalue weighted by molar-refractivity contribution is 7.80. The van der Waals surface area contributed by atoms with Gasteiger partial charge in [-0.05, 0) is 36.5 Å². The molecule has 10 nitrogen and oxygen atoms in total. The van der Waals surface area contributed by atoms with Gasteiger partial charge < -0.3 is 5.32 Å². The second-order valence-electron chi connectivity index (χ2n) is 4.64. The molecule has 0 aliphatic carbocycles. The van der Waals surface area contributed by atoms with E-state index in [4.69, 9.17) is 12.2 Å². The molecular weight excluding hydrogens is 350 g/mol. The first-order valence-corrected chi connectivity index (χ1v) is 7.14. The van der Waals surface area contributed by atoms with Crippen LogP contribution in [0.3, 0.4) is 0 Å². The zero-order valence-electron chi connectivity index (χ0n) is 12.5. The molecule has 0 aromatic heterocycles. The van der Waals surface area contributed by atoms with E-state index in [9.17, 15) is 25.0 Å². The highest BCUT2D eigenvalue weighted by Crippen LogP contribution is 2.15. The van der Waals surface area contributed by atoms with Crippen LogP contribution in [0.5, 0.6) is 0 Å². The molecule has 0 aliphatic rings. The van der Waals surface area contributed by atoms with Crippen LogP contribution < -0.4 is 16.2 Å². The summed E-state index contributed by atoms with van der Waals surface area (Å²) >= 11 is 4.98. The van der Waals surface area contributed by atoms with Gasteiger partial charge in [0.1, 0.15) is 0 Å². The number of amides is 1. The molecule has 0 aliphatic heterocycles. The van der Waals surface area contributed by atoms with E-state index < -0.39 is 15.8 Å². The molecule has 1 amide bonds. The Morgan fingerprint density at radius 1 is 0.840 bits per heavy atom. The maximum Gasteiger partial charge on any atom is 0.269 e. The van der Waals surface area contributed by atoms with Crippen LogP contribution in [0, 0.1) is 20.2 Å². The van der Waals surface area contributed by atoms with E-state index in [-0.39, 0.29) is 22.1 Å². The van der Waals surface area contributed by atoms with Crippen molar-refractivity contribution in [2.75, 3.05) is 5.32 Å². The van der Waals surface area contributed by atoms with Crippen LogP contribution in [-0.2, 0) is 0 Å². The molecule has 0 atom stereocenters. The predicted octanol–water partition coefficient (Wildman–Crippen LogP) is 2.13. The number of non-ortho nitro benzene ring substituents is 2. The lowest BCUT2D eigenvalue weighted by Crippen LogP contribution is -2.43. The molecule has 25 heavy (non-hydrogen) atoms. The summed E-state index contributed by atoms with van der Waals surface area (Å²) in [7, 11) is 0. The third-order valence-electron chi connectivity index (χ3n) is 2.97. The number of benzene rings is 2. The maximum atomic E-state index is 11.9. The van der Waals surface area contributed by atoms with Gasteiger partial charge in [-0.25, -0.2) is 0 Å². The highest BCUT2D eigenvalue weighted by atomic mass is 32.1. The Balaban J connectivity index is 1.87. The molecule has 11 heteroatoms. The molecule has 128 valence electrons. The number of carbonyl (C=O) groups excluding carboxylic acids is 1. The topological polar surface area (TPSA) is 139 Å². The van der Waals surface area contributed by atoms with Gasteiger partial charge in [0.15, 0.2) is 5.11 Å². The smallest absolute Gasteiger partial charge is 0.269 e. The van der Waals surface area contributed by atoms with Crippen LogP contribution in [0.1, 0.15) is 10.4 Å². The van der Waals surface area contributed by atoms with E-state index >= 15 is 0 Å². The van der Waals surface area contributed by atoms with Crippen LogP contribution in [0.4, 0.5) is 17.1 Å². The summed E-state index contributed by atoms with van der Waals surface area (Å²) in [6, 6.07) is 10.6. The first kappa shape index (κ1) is 17.7. The van der Waals surface area contributed by atoms with Crippen molar-refractivity contribution in [3.8, 4) is 0 Å². The van der Waals surface area contributed by atoms with Crippen molar-refractivity contribution < 1.29 is 14.6 Å². The summed E-state index contributed by atoms with van der Waals surface area (Å²) in [5.41, 5.74) is 5.30. The summed E-state index contributed by atoms with van der Waals surface area (Å²) < 4.78 is 0. The average molecular weight is 361 g/mol. The number of hydrogen-bond acceptors (Lipinski definition) is 6. The average Bonchev–Trinajstić information content (AvgIpc) is 2.60. The molecule has 2 aromatic rings. The fraction of sp³-hybridized carbons (Fsp3) is 0. The summed E-state index contributed by atoms with van der Waals surface area (Å²) in [6.07, 6.45) is 0. The van der Waals surface area contributed by atoms with Crippen LogP contribution in [-0.4, -0.2) is 20.9 Å². The number of carbonyl (C=O) groups is 1. The van der Waals surface area contributed by atoms with Crippen molar-refractivity contribution >= 4 is 40.3 Å². The number of hydrogen-bond donors (Lipinski definition) is 3. The minimum Gasteiger partial charge on any atom is -0.331 e. The molecule has 0 fully saturated rings. The Morgan fingerprint density at radius 2 is 1.32 bits per heavy atom. The van der Waals surface area contributed by atoms with Crippen LogP contribution >= 0.6 is 12.2 Å². The van der Waals surface area contributed by atoms with E-state index in [1.165, 1.54) is 48.5 Å². The third kappa shape index (κ3) is 4.94. The van der Waals surface area contributed by atoms with E-state index in [2.05, 4.69) is 16.2 Å². The van der Waals surface area contributed by atoms with Crippen molar-refractivity contribution in [2.45, 2.75) is 0 Å². The molecular formula is C14H11N5O5S. The molecule has 2 aromatic carbocycles. The van der Waals surface area contributed by atoms with Gasteiger partial charge >= 0.3 is 0 Å². The first-order valence-electron chi connectivity index (χ1n) is 6.73. The van der Waals surface area contributed by atoms with Gasteiger partial charge in [0, 0.05) is 35.5 Å². The Hall–Kier alpha value is -3.60. The van der Waals surface area contributed by atoms with Gasteiger partial charge in [-0.2, -0.15) is 0 Å². The fourth-order valence-corrected chi connectivity index (χ4v) is 1.92. The van der Waals surface area contributed by atoms with Crippen LogP contribution in [0.2, 0.25) is 0 Å².